The van der Waals surface area contributed by atoms with Crippen molar-refractivity contribution in [1.29, 1.82) is 0 Å². The number of amides is 1. The first-order valence-corrected chi connectivity index (χ1v) is 9.42. The first-order valence-electron chi connectivity index (χ1n) is 9.04. The molecule has 1 saturated heterocycles. The molecule has 0 spiro atoms. The monoisotopic (exact) mass is 389 g/mol. The molecule has 144 valence electrons. The third-order valence-corrected chi connectivity index (χ3v) is 5.17. The van der Waals surface area contributed by atoms with Gasteiger partial charge in [-0.05, 0) is 42.8 Å². The van der Waals surface area contributed by atoms with Crippen LogP contribution < -0.4 is 5.32 Å². The third kappa shape index (κ3) is 5.05. The standard InChI is InChI=1S/C20H24ClN3O3/c21-16-6-4-15(5-7-16)19(26)24-12-9-20(27,18(25)13-24)14-22-11-8-17-3-1-2-10-23-17/h1-7,10,18,22,25,27H,8-9,11-14H2/t18-,20-/m0/s1. The predicted octanol–water partition coefficient (Wildman–Crippen LogP) is 1.51. The number of nitrogens with zero attached hydrogens (tertiary/aromatic N) is 2. The van der Waals surface area contributed by atoms with E-state index in [0.29, 0.717) is 30.1 Å². The van der Waals surface area contributed by atoms with Gasteiger partial charge < -0.3 is 20.4 Å². The lowest BCUT2D eigenvalue weighted by molar-refractivity contribution is -0.110. The van der Waals surface area contributed by atoms with E-state index in [2.05, 4.69) is 10.3 Å². The van der Waals surface area contributed by atoms with Crippen molar-refractivity contribution < 1.29 is 15.0 Å². The number of pyridine rings is 1. The number of likely N-dealkylation sites (tertiary alicyclic amines) is 1. The topological polar surface area (TPSA) is 85.7 Å². The summed E-state index contributed by atoms with van der Waals surface area (Å²) in [6.07, 6.45) is 1.79. The Morgan fingerprint density at radius 3 is 2.74 bits per heavy atom. The number of hydrogen-bond donors (Lipinski definition) is 3. The molecule has 2 heterocycles. The summed E-state index contributed by atoms with van der Waals surface area (Å²) in [6.45, 7) is 1.40. The van der Waals surface area contributed by atoms with Crippen LogP contribution in [0.5, 0.6) is 0 Å². The van der Waals surface area contributed by atoms with Crippen LogP contribution in [0.2, 0.25) is 5.02 Å². The van der Waals surface area contributed by atoms with Crippen LogP contribution in [0, 0.1) is 0 Å². The fourth-order valence-electron chi connectivity index (χ4n) is 3.20. The van der Waals surface area contributed by atoms with Gasteiger partial charge >= 0.3 is 0 Å². The smallest absolute Gasteiger partial charge is 0.253 e. The zero-order valence-electron chi connectivity index (χ0n) is 15.0. The first-order chi connectivity index (χ1) is 13.0. The van der Waals surface area contributed by atoms with Crippen LogP contribution in [-0.2, 0) is 6.42 Å². The van der Waals surface area contributed by atoms with Gasteiger partial charge in [0.2, 0.25) is 0 Å². The lowest BCUT2D eigenvalue weighted by Crippen LogP contribution is -2.60. The number of carbonyl (C=O) groups is 1. The second-order valence-corrected chi connectivity index (χ2v) is 7.31. The number of benzene rings is 1. The summed E-state index contributed by atoms with van der Waals surface area (Å²) in [5.41, 5.74) is 0.243. The van der Waals surface area contributed by atoms with Crippen LogP contribution in [0.4, 0.5) is 0 Å². The maximum absolute atomic E-state index is 12.6. The molecule has 1 amide bonds. The van der Waals surface area contributed by atoms with Crippen molar-refractivity contribution in [3.8, 4) is 0 Å². The SMILES string of the molecule is O=C(c1ccc(Cl)cc1)N1CC[C@](O)(CNCCc2ccccn2)[C@@H](O)C1. The van der Waals surface area contributed by atoms with E-state index in [0.717, 1.165) is 12.1 Å². The quantitative estimate of drug-likeness (QED) is 0.652. The first kappa shape index (κ1) is 19.8. The van der Waals surface area contributed by atoms with Gasteiger partial charge in [0, 0.05) is 55.1 Å². The molecule has 0 radical (unpaired) electrons. The van der Waals surface area contributed by atoms with Gasteiger partial charge in [-0.15, -0.1) is 0 Å². The molecular weight excluding hydrogens is 366 g/mol. The van der Waals surface area contributed by atoms with Gasteiger partial charge in [-0.1, -0.05) is 17.7 Å². The molecule has 0 aliphatic carbocycles. The summed E-state index contributed by atoms with van der Waals surface area (Å²) >= 11 is 5.85. The number of rotatable bonds is 6. The van der Waals surface area contributed by atoms with Crippen molar-refractivity contribution in [1.82, 2.24) is 15.2 Å². The highest BCUT2D eigenvalue weighted by Gasteiger charge is 2.41. The summed E-state index contributed by atoms with van der Waals surface area (Å²) in [5, 5.41) is 25.0. The molecule has 0 bridgehead atoms. The van der Waals surface area contributed by atoms with Crippen molar-refractivity contribution in [3.05, 3.63) is 64.9 Å². The minimum Gasteiger partial charge on any atom is -0.388 e. The molecule has 1 fully saturated rings. The maximum atomic E-state index is 12.6. The number of halogens is 1. The molecule has 7 heteroatoms. The van der Waals surface area contributed by atoms with E-state index >= 15 is 0 Å². The molecule has 2 aromatic rings. The Labute approximate surface area is 163 Å². The van der Waals surface area contributed by atoms with Crippen molar-refractivity contribution in [2.45, 2.75) is 24.5 Å². The number of aliphatic hydroxyl groups excluding tert-OH is 1. The van der Waals surface area contributed by atoms with Gasteiger partial charge in [0.15, 0.2) is 0 Å². The minimum atomic E-state index is -1.25. The number of aromatic nitrogens is 1. The van der Waals surface area contributed by atoms with E-state index in [4.69, 9.17) is 11.6 Å². The normalized spacial score (nSPS) is 22.6. The molecule has 0 unspecified atom stereocenters. The van der Waals surface area contributed by atoms with E-state index in [1.807, 2.05) is 18.2 Å². The lowest BCUT2D eigenvalue weighted by atomic mass is 9.88. The Morgan fingerprint density at radius 2 is 2.07 bits per heavy atom. The van der Waals surface area contributed by atoms with Gasteiger partial charge in [0.1, 0.15) is 11.7 Å². The molecule has 0 saturated carbocycles. The van der Waals surface area contributed by atoms with Crippen molar-refractivity contribution in [2.24, 2.45) is 0 Å². The highest BCUT2D eigenvalue weighted by molar-refractivity contribution is 6.30. The summed E-state index contributed by atoms with van der Waals surface area (Å²) in [5.74, 6) is -0.170. The minimum absolute atomic E-state index is 0.0971. The summed E-state index contributed by atoms with van der Waals surface area (Å²) in [4.78, 5) is 18.4. The van der Waals surface area contributed by atoms with Crippen LogP contribution in [0.15, 0.2) is 48.7 Å². The number of hydrogen-bond acceptors (Lipinski definition) is 5. The van der Waals surface area contributed by atoms with E-state index < -0.39 is 11.7 Å². The van der Waals surface area contributed by atoms with E-state index in [9.17, 15) is 15.0 Å². The zero-order valence-corrected chi connectivity index (χ0v) is 15.8. The molecule has 3 N–H and O–H groups in total. The second-order valence-electron chi connectivity index (χ2n) is 6.88. The lowest BCUT2D eigenvalue weighted by Gasteiger charge is -2.42. The van der Waals surface area contributed by atoms with Crippen LogP contribution in [0.3, 0.4) is 0 Å². The third-order valence-electron chi connectivity index (χ3n) is 4.92. The van der Waals surface area contributed by atoms with E-state index in [1.54, 1.807) is 35.4 Å². The summed E-state index contributed by atoms with van der Waals surface area (Å²) in [7, 11) is 0. The van der Waals surface area contributed by atoms with Crippen LogP contribution in [0.1, 0.15) is 22.5 Å². The van der Waals surface area contributed by atoms with Crippen LogP contribution in [0.25, 0.3) is 0 Å². The average Bonchev–Trinajstić information content (AvgIpc) is 2.68. The Balaban J connectivity index is 1.49. The zero-order chi connectivity index (χ0) is 19.3. The van der Waals surface area contributed by atoms with E-state index in [-0.39, 0.29) is 19.0 Å². The molecule has 1 aliphatic rings. The number of nitrogens with one attached hydrogen (secondary N) is 1. The molecule has 1 aromatic carbocycles. The summed E-state index contributed by atoms with van der Waals surface area (Å²) in [6, 6.07) is 12.4. The number of piperidine rings is 1. The fourth-order valence-corrected chi connectivity index (χ4v) is 3.32. The van der Waals surface area contributed by atoms with Crippen molar-refractivity contribution >= 4 is 17.5 Å². The van der Waals surface area contributed by atoms with E-state index in [1.165, 1.54) is 0 Å². The average molecular weight is 390 g/mol. The molecular formula is C20H24ClN3O3. The van der Waals surface area contributed by atoms with Gasteiger partial charge in [-0.3, -0.25) is 9.78 Å². The molecule has 1 aromatic heterocycles. The number of carbonyl (C=O) groups excluding carboxylic acids is 1. The Kier molecular flexibility index (Phi) is 6.44. The second kappa shape index (κ2) is 8.80. The van der Waals surface area contributed by atoms with Gasteiger partial charge in [0.05, 0.1) is 0 Å². The maximum Gasteiger partial charge on any atom is 0.253 e. The van der Waals surface area contributed by atoms with Gasteiger partial charge in [-0.25, -0.2) is 0 Å². The highest BCUT2D eigenvalue weighted by Crippen LogP contribution is 2.24. The largest absolute Gasteiger partial charge is 0.388 e. The Bertz CT molecular complexity index is 757. The predicted molar refractivity (Wildman–Crippen MR) is 104 cm³/mol. The van der Waals surface area contributed by atoms with Crippen LogP contribution >= 0.6 is 11.6 Å². The Morgan fingerprint density at radius 1 is 1.30 bits per heavy atom. The Hall–Kier alpha value is -1.99. The molecule has 2 atom stereocenters. The molecule has 3 rings (SSSR count). The highest BCUT2D eigenvalue weighted by atomic mass is 35.5. The molecule has 6 nitrogen and oxygen atoms in total. The van der Waals surface area contributed by atoms with Crippen LogP contribution in [-0.4, -0.2) is 63.9 Å². The fraction of sp³-hybridized carbons (Fsp3) is 0.400. The molecule has 1 aliphatic heterocycles. The van der Waals surface area contributed by atoms with Crippen molar-refractivity contribution in [2.75, 3.05) is 26.2 Å². The van der Waals surface area contributed by atoms with Gasteiger partial charge in [0.25, 0.3) is 5.91 Å². The molecule has 27 heavy (non-hydrogen) atoms. The number of β-amino-alcohol motifs (C(OH)–C–C–N with tert-alkyl or cyclic N) is 1. The van der Waals surface area contributed by atoms with Crippen molar-refractivity contribution in [3.63, 3.8) is 0 Å². The number of aliphatic hydroxyl groups is 2. The summed E-state index contributed by atoms with van der Waals surface area (Å²) < 4.78 is 0. The van der Waals surface area contributed by atoms with Gasteiger partial charge in [-0.2, -0.15) is 0 Å².